The highest BCUT2D eigenvalue weighted by Gasteiger charge is 2.38. The van der Waals surface area contributed by atoms with Crippen LogP contribution in [0.2, 0.25) is 0 Å². The summed E-state index contributed by atoms with van der Waals surface area (Å²) in [4.78, 5) is 6.37. The summed E-state index contributed by atoms with van der Waals surface area (Å²) >= 11 is 5.93. The van der Waals surface area contributed by atoms with E-state index in [9.17, 15) is 8.42 Å². The summed E-state index contributed by atoms with van der Waals surface area (Å²) in [5.41, 5.74) is 0. The van der Waals surface area contributed by atoms with Crippen molar-refractivity contribution in [3.8, 4) is 0 Å². The second kappa shape index (κ2) is 3.77. The number of hydrogen-bond acceptors (Lipinski definition) is 3. The smallest absolute Gasteiger partial charge is 0.277 e. The Kier molecular flexibility index (Phi) is 2.74. The molecule has 1 aliphatic heterocycles. The Balaban J connectivity index is 2.31. The predicted octanol–water partition coefficient (Wildman–Crippen LogP) is 0.800. The van der Waals surface area contributed by atoms with Gasteiger partial charge in [0.15, 0.2) is 0 Å². The zero-order chi connectivity index (χ0) is 11.1. The van der Waals surface area contributed by atoms with Crippen LogP contribution < -0.4 is 0 Å². The van der Waals surface area contributed by atoms with Gasteiger partial charge in [-0.15, -0.1) is 11.6 Å². The van der Waals surface area contributed by atoms with E-state index < -0.39 is 10.0 Å². The molecule has 1 aromatic heterocycles. The Morgan fingerprint density at radius 2 is 2.40 bits per heavy atom. The number of sulfonamides is 1. The molecule has 0 bridgehead atoms. The normalized spacial score (nSPS) is 28.4. The minimum Gasteiger partial charge on any atom is -0.334 e. The molecule has 1 fully saturated rings. The van der Waals surface area contributed by atoms with Gasteiger partial charge in [0.2, 0.25) is 5.16 Å². The van der Waals surface area contributed by atoms with Gasteiger partial charge in [0.05, 0.1) is 0 Å². The lowest BCUT2D eigenvalue weighted by atomic mass is 10.2. The first kappa shape index (κ1) is 10.9. The maximum atomic E-state index is 12.0. The molecule has 84 valence electrons. The van der Waals surface area contributed by atoms with Gasteiger partial charge in [-0.3, -0.25) is 0 Å². The van der Waals surface area contributed by atoms with E-state index in [0.717, 1.165) is 0 Å². The van der Waals surface area contributed by atoms with Gasteiger partial charge in [0.1, 0.15) is 0 Å². The van der Waals surface area contributed by atoms with Gasteiger partial charge in [-0.05, 0) is 13.3 Å². The van der Waals surface area contributed by atoms with Crippen LogP contribution in [0.5, 0.6) is 0 Å². The Morgan fingerprint density at radius 1 is 1.67 bits per heavy atom. The predicted molar refractivity (Wildman–Crippen MR) is 56.2 cm³/mol. The van der Waals surface area contributed by atoms with E-state index in [1.165, 1.54) is 16.7 Å². The number of alkyl halides is 1. The third kappa shape index (κ3) is 1.89. The number of rotatable bonds is 2. The summed E-state index contributed by atoms with van der Waals surface area (Å²) < 4.78 is 25.4. The Morgan fingerprint density at radius 3 is 2.87 bits per heavy atom. The lowest BCUT2D eigenvalue weighted by Gasteiger charge is -2.18. The van der Waals surface area contributed by atoms with Crippen molar-refractivity contribution in [1.82, 2.24) is 14.3 Å². The first-order valence-electron chi connectivity index (χ1n) is 4.67. The van der Waals surface area contributed by atoms with Crippen molar-refractivity contribution >= 4 is 21.6 Å². The lowest BCUT2D eigenvalue weighted by Crippen LogP contribution is -2.34. The molecule has 15 heavy (non-hydrogen) atoms. The van der Waals surface area contributed by atoms with Gasteiger partial charge < -0.3 is 4.98 Å². The fourth-order valence-electron chi connectivity index (χ4n) is 1.78. The van der Waals surface area contributed by atoms with Crippen LogP contribution in [-0.4, -0.2) is 40.7 Å². The van der Waals surface area contributed by atoms with Crippen LogP contribution in [-0.2, 0) is 10.0 Å². The SMILES string of the molecule is CC1CC(Cl)CN1S(=O)(=O)c1ncc[nH]1. The van der Waals surface area contributed by atoms with Crippen molar-refractivity contribution in [3.63, 3.8) is 0 Å². The molecule has 0 aromatic carbocycles. The molecule has 2 heterocycles. The molecular weight excluding hydrogens is 238 g/mol. The molecule has 1 aromatic rings. The van der Waals surface area contributed by atoms with Gasteiger partial charge in [-0.1, -0.05) is 0 Å². The molecule has 2 unspecified atom stereocenters. The van der Waals surface area contributed by atoms with Crippen LogP contribution in [0.1, 0.15) is 13.3 Å². The van der Waals surface area contributed by atoms with Crippen LogP contribution in [0, 0.1) is 0 Å². The van der Waals surface area contributed by atoms with Crippen LogP contribution >= 0.6 is 11.6 Å². The summed E-state index contributed by atoms with van der Waals surface area (Å²) in [6.07, 6.45) is 3.60. The number of aromatic nitrogens is 2. The number of halogens is 1. The van der Waals surface area contributed by atoms with Gasteiger partial charge in [-0.2, -0.15) is 4.31 Å². The fourth-order valence-corrected chi connectivity index (χ4v) is 3.83. The fraction of sp³-hybridized carbons (Fsp3) is 0.625. The zero-order valence-corrected chi connectivity index (χ0v) is 9.79. The average Bonchev–Trinajstić information content (AvgIpc) is 2.74. The molecule has 0 spiro atoms. The van der Waals surface area contributed by atoms with Crippen LogP contribution in [0.15, 0.2) is 17.6 Å². The standard InChI is InChI=1S/C8H12ClN3O2S/c1-6-4-7(9)5-12(6)15(13,14)8-10-2-3-11-8/h2-3,6-7H,4-5H2,1H3,(H,10,11). The van der Waals surface area contributed by atoms with E-state index in [1.54, 1.807) is 0 Å². The minimum atomic E-state index is -3.50. The average molecular weight is 250 g/mol. The van der Waals surface area contributed by atoms with E-state index in [1.807, 2.05) is 6.92 Å². The summed E-state index contributed by atoms with van der Waals surface area (Å²) in [6.45, 7) is 2.20. The maximum absolute atomic E-state index is 12.0. The van der Waals surface area contributed by atoms with Gasteiger partial charge in [0, 0.05) is 30.4 Å². The number of hydrogen-bond donors (Lipinski definition) is 1. The van der Waals surface area contributed by atoms with Gasteiger partial charge in [0.25, 0.3) is 10.0 Å². The summed E-state index contributed by atoms with van der Waals surface area (Å²) in [5.74, 6) is 0. The topological polar surface area (TPSA) is 66.1 Å². The van der Waals surface area contributed by atoms with Crippen molar-refractivity contribution in [2.24, 2.45) is 0 Å². The summed E-state index contributed by atoms with van der Waals surface area (Å²) in [5, 5.41) is -0.121. The number of nitrogens with one attached hydrogen (secondary N) is 1. The van der Waals surface area contributed by atoms with Crippen LogP contribution in [0.4, 0.5) is 0 Å². The third-order valence-corrected chi connectivity index (χ3v) is 4.65. The second-order valence-electron chi connectivity index (χ2n) is 3.65. The Hall–Kier alpha value is -0.590. The monoisotopic (exact) mass is 249 g/mol. The van der Waals surface area contributed by atoms with Crippen molar-refractivity contribution in [1.29, 1.82) is 0 Å². The molecule has 0 aliphatic carbocycles. The maximum Gasteiger partial charge on any atom is 0.277 e. The molecule has 2 rings (SSSR count). The lowest BCUT2D eigenvalue weighted by molar-refractivity contribution is 0.404. The quantitative estimate of drug-likeness (QED) is 0.789. The zero-order valence-electron chi connectivity index (χ0n) is 8.22. The van der Waals surface area contributed by atoms with Crippen molar-refractivity contribution < 1.29 is 8.42 Å². The molecule has 0 amide bonds. The molecule has 1 saturated heterocycles. The molecular formula is C8H12ClN3O2S. The molecule has 0 saturated carbocycles. The first-order chi connectivity index (χ1) is 7.01. The van der Waals surface area contributed by atoms with E-state index in [-0.39, 0.29) is 16.6 Å². The van der Waals surface area contributed by atoms with Crippen molar-refractivity contribution in [2.75, 3.05) is 6.54 Å². The highest BCUT2D eigenvalue weighted by atomic mass is 35.5. The number of nitrogens with zero attached hydrogens (tertiary/aromatic N) is 2. The van der Waals surface area contributed by atoms with E-state index in [0.29, 0.717) is 13.0 Å². The highest BCUT2D eigenvalue weighted by molar-refractivity contribution is 7.89. The van der Waals surface area contributed by atoms with Crippen LogP contribution in [0.3, 0.4) is 0 Å². The van der Waals surface area contributed by atoms with E-state index in [4.69, 9.17) is 11.6 Å². The van der Waals surface area contributed by atoms with Crippen molar-refractivity contribution in [3.05, 3.63) is 12.4 Å². The highest BCUT2D eigenvalue weighted by Crippen LogP contribution is 2.26. The number of imidazole rings is 1. The molecule has 5 nitrogen and oxygen atoms in total. The van der Waals surface area contributed by atoms with E-state index >= 15 is 0 Å². The third-order valence-electron chi connectivity index (χ3n) is 2.49. The van der Waals surface area contributed by atoms with Crippen LogP contribution in [0.25, 0.3) is 0 Å². The molecule has 2 atom stereocenters. The first-order valence-corrected chi connectivity index (χ1v) is 6.55. The molecule has 1 aliphatic rings. The largest absolute Gasteiger partial charge is 0.334 e. The molecule has 1 N–H and O–H groups in total. The van der Waals surface area contributed by atoms with Crippen molar-refractivity contribution in [2.45, 2.75) is 29.9 Å². The van der Waals surface area contributed by atoms with Gasteiger partial charge in [-0.25, -0.2) is 13.4 Å². The summed E-state index contributed by atoms with van der Waals surface area (Å²) in [7, 11) is -3.50. The molecule has 7 heteroatoms. The Bertz CT molecular complexity index is 431. The second-order valence-corrected chi connectivity index (χ2v) is 6.07. The minimum absolute atomic E-state index is 0.0138. The molecule has 0 radical (unpaired) electrons. The number of aromatic amines is 1. The summed E-state index contributed by atoms with van der Waals surface area (Å²) in [6, 6.07) is -0.0670. The Labute approximate surface area is 93.5 Å². The number of H-pyrrole nitrogens is 1. The van der Waals surface area contributed by atoms with Gasteiger partial charge >= 0.3 is 0 Å². The van der Waals surface area contributed by atoms with E-state index in [2.05, 4.69) is 9.97 Å².